The van der Waals surface area contributed by atoms with Gasteiger partial charge in [0.1, 0.15) is 6.29 Å². The zero-order chi connectivity index (χ0) is 16.3. The molecule has 0 saturated heterocycles. The first-order valence-corrected chi connectivity index (χ1v) is 7.82. The minimum atomic E-state index is 0.116. The summed E-state index contributed by atoms with van der Waals surface area (Å²) in [5.41, 5.74) is 2.51. The number of aldehydes is 1. The lowest BCUT2D eigenvalue weighted by Gasteiger charge is -2.17. The van der Waals surface area contributed by atoms with Crippen molar-refractivity contribution in [3.05, 3.63) is 35.5 Å². The van der Waals surface area contributed by atoms with Crippen molar-refractivity contribution >= 4 is 12.1 Å². The van der Waals surface area contributed by atoms with Crippen molar-refractivity contribution in [3.8, 4) is 0 Å². The third-order valence-corrected chi connectivity index (χ3v) is 3.69. The Hall–Kier alpha value is -1.44. The van der Waals surface area contributed by atoms with Gasteiger partial charge in [-0.05, 0) is 70.4 Å². The lowest BCUT2D eigenvalue weighted by Crippen LogP contribution is -2.06. The van der Waals surface area contributed by atoms with Crippen molar-refractivity contribution in [1.29, 1.82) is 0 Å². The molecule has 0 aliphatic rings. The summed E-state index contributed by atoms with van der Waals surface area (Å²) in [4.78, 5) is 21.4. The highest BCUT2D eigenvalue weighted by atomic mass is 16.1. The van der Waals surface area contributed by atoms with Crippen molar-refractivity contribution in [2.75, 3.05) is 0 Å². The van der Waals surface area contributed by atoms with E-state index in [1.165, 1.54) is 5.57 Å². The molecule has 0 spiro atoms. The molecule has 0 radical (unpaired) electrons. The van der Waals surface area contributed by atoms with Crippen molar-refractivity contribution in [3.63, 3.8) is 0 Å². The molecule has 0 aliphatic carbocycles. The molecule has 0 heterocycles. The topological polar surface area (TPSA) is 34.1 Å². The van der Waals surface area contributed by atoms with Crippen LogP contribution < -0.4 is 0 Å². The van der Waals surface area contributed by atoms with Crippen LogP contribution in [0.5, 0.6) is 0 Å². The first-order chi connectivity index (χ1) is 9.86. The molecule has 1 atom stereocenters. The average molecular weight is 290 g/mol. The molecule has 2 heteroatoms. The minimum absolute atomic E-state index is 0.116. The summed E-state index contributed by atoms with van der Waals surface area (Å²) in [5.74, 6) is 1.12. The van der Waals surface area contributed by atoms with Gasteiger partial charge in [0.05, 0.1) is 0 Å². The van der Waals surface area contributed by atoms with Crippen LogP contribution >= 0.6 is 0 Å². The van der Waals surface area contributed by atoms with Gasteiger partial charge in [-0.1, -0.05) is 37.1 Å². The van der Waals surface area contributed by atoms with Crippen LogP contribution in [0, 0.1) is 11.8 Å². The molecular weight excluding hydrogens is 260 g/mol. The summed E-state index contributed by atoms with van der Waals surface area (Å²) in [7, 11) is 0. The SMILES string of the molecule is CC(=O)/C=C/C(CC/C(C)=C/CC/C(C)=C/C=O)C(C)C. The van der Waals surface area contributed by atoms with Crippen LogP contribution in [0.25, 0.3) is 0 Å². The molecule has 0 aliphatic heterocycles. The van der Waals surface area contributed by atoms with Crippen LogP contribution in [0.1, 0.15) is 60.3 Å². The van der Waals surface area contributed by atoms with Gasteiger partial charge in [-0.2, -0.15) is 0 Å². The van der Waals surface area contributed by atoms with E-state index in [2.05, 4.69) is 32.9 Å². The van der Waals surface area contributed by atoms with E-state index < -0.39 is 0 Å². The normalized spacial score (nSPS) is 14.8. The minimum Gasteiger partial charge on any atom is -0.299 e. The number of carbonyl (C=O) groups excluding carboxylic acids is 2. The molecule has 0 aromatic carbocycles. The Kier molecular flexibility index (Phi) is 10.5. The van der Waals surface area contributed by atoms with Gasteiger partial charge in [0.25, 0.3) is 0 Å². The van der Waals surface area contributed by atoms with E-state index in [0.29, 0.717) is 11.8 Å². The second kappa shape index (κ2) is 11.2. The Labute approximate surface area is 130 Å². The van der Waals surface area contributed by atoms with Gasteiger partial charge in [-0.25, -0.2) is 0 Å². The number of allylic oxidation sites excluding steroid dienone is 6. The number of hydrogen-bond donors (Lipinski definition) is 0. The van der Waals surface area contributed by atoms with E-state index in [-0.39, 0.29) is 5.78 Å². The van der Waals surface area contributed by atoms with E-state index in [9.17, 15) is 9.59 Å². The van der Waals surface area contributed by atoms with Crippen molar-refractivity contribution in [2.24, 2.45) is 11.8 Å². The molecule has 118 valence electrons. The zero-order valence-electron chi connectivity index (χ0n) is 14.2. The highest BCUT2D eigenvalue weighted by Crippen LogP contribution is 2.21. The second-order valence-corrected chi connectivity index (χ2v) is 6.15. The van der Waals surface area contributed by atoms with Gasteiger partial charge >= 0.3 is 0 Å². The fourth-order valence-corrected chi connectivity index (χ4v) is 2.15. The molecule has 1 unspecified atom stereocenters. The maximum absolute atomic E-state index is 11.0. The van der Waals surface area contributed by atoms with Gasteiger partial charge < -0.3 is 0 Å². The van der Waals surface area contributed by atoms with E-state index in [4.69, 9.17) is 0 Å². The summed E-state index contributed by atoms with van der Waals surface area (Å²) in [6, 6.07) is 0. The van der Waals surface area contributed by atoms with Gasteiger partial charge in [0, 0.05) is 0 Å². The zero-order valence-corrected chi connectivity index (χ0v) is 14.2. The molecule has 0 aromatic rings. The summed E-state index contributed by atoms with van der Waals surface area (Å²) in [5, 5.41) is 0. The summed E-state index contributed by atoms with van der Waals surface area (Å²) in [6.45, 7) is 10.1. The van der Waals surface area contributed by atoms with Crippen LogP contribution in [0.15, 0.2) is 35.5 Å². The molecule has 0 aromatic heterocycles. The fourth-order valence-electron chi connectivity index (χ4n) is 2.15. The molecule has 0 N–H and O–H groups in total. The molecule has 21 heavy (non-hydrogen) atoms. The lowest BCUT2D eigenvalue weighted by atomic mass is 9.89. The number of hydrogen-bond acceptors (Lipinski definition) is 2. The first-order valence-electron chi connectivity index (χ1n) is 7.82. The smallest absolute Gasteiger partial charge is 0.152 e. The molecule has 0 amide bonds. The van der Waals surface area contributed by atoms with Crippen LogP contribution in [0.2, 0.25) is 0 Å². The number of rotatable bonds is 10. The lowest BCUT2D eigenvalue weighted by molar-refractivity contribution is -0.112. The van der Waals surface area contributed by atoms with Crippen molar-refractivity contribution in [2.45, 2.75) is 60.3 Å². The van der Waals surface area contributed by atoms with Crippen LogP contribution in [0.4, 0.5) is 0 Å². The van der Waals surface area contributed by atoms with Crippen LogP contribution in [-0.2, 0) is 9.59 Å². The molecular formula is C19H30O2. The highest BCUT2D eigenvalue weighted by Gasteiger charge is 2.10. The highest BCUT2D eigenvalue weighted by molar-refractivity contribution is 5.87. The molecule has 0 saturated carbocycles. The van der Waals surface area contributed by atoms with Gasteiger partial charge in [0.15, 0.2) is 5.78 Å². The molecule has 0 fully saturated rings. The quantitative estimate of drug-likeness (QED) is 0.320. The van der Waals surface area contributed by atoms with Gasteiger partial charge in [-0.3, -0.25) is 9.59 Å². The molecule has 2 nitrogen and oxygen atoms in total. The van der Waals surface area contributed by atoms with Crippen molar-refractivity contribution in [1.82, 2.24) is 0 Å². The van der Waals surface area contributed by atoms with Crippen molar-refractivity contribution < 1.29 is 9.59 Å². The third-order valence-electron chi connectivity index (χ3n) is 3.69. The van der Waals surface area contributed by atoms with Gasteiger partial charge in [0.2, 0.25) is 0 Å². The predicted molar refractivity (Wildman–Crippen MR) is 90.2 cm³/mol. The maximum atomic E-state index is 11.0. The third kappa shape index (κ3) is 10.9. The summed E-state index contributed by atoms with van der Waals surface area (Å²) >= 11 is 0. The summed E-state index contributed by atoms with van der Waals surface area (Å²) in [6.07, 6.45) is 12.5. The second-order valence-electron chi connectivity index (χ2n) is 6.15. The Morgan fingerprint density at radius 3 is 2.24 bits per heavy atom. The van der Waals surface area contributed by atoms with E-state index >= 15 is 0 Å². The Bertz CT molecular complexity index is 411. The first kappa shape index (κ1) is 19.6. The Morgan fingerprint density at radius 1 is 1.05 bits per heavy atom. The fraction of sp³-hybridized carbons (Fsp3) is 0.579. The number of carbonyl (C=O) groups is 2. The molecule has 0 bridgehead atoms. The largest absolute Gasteiger partial charge is 0.299 e. The monoisotopic (exact) mass is 290 g/mol. The number of ketones is 1. The maximum Gasteiger partial charge on any atom is 0.152 e. The predicted octanol–water partition coefficient (Wildman–Crippen LogP) is 5.06. The van der Waals surface area contributed by atoms with Crippen LogP contribution in [-0.4, -0.2) is 12.1 Å². The average Bonchev–Trinajstić information content (AvgIpc) is 2.38. The molecule has 0 rings (SSSR count). The van der Waals surface area contributed by atoms with Gasteiger partial charge in [-0.15, -0.1) is 0 Å². The van der Waals surface area contributed by atoms with E-state index in [1.54, 1.807) is 19.1 Å². The van der Waals surface area contributed by atoms with E-state index in [0.717, 1.165) is 37.5 Å². The summed E-state index contributed by atoms with van der Waals surface area (Å²) < 4.78 is 0. The Balaban J connectivity index is 4.29. The van der Waals surface area contributed by atoms with E-state index in [1.807, 2.05) is 6.92 Å². The standard InChI is InChI=1S/C19H30O2/c1-15(2)19(12-10-18(5)21)11-9-16(3)7-6-8-17(4)13-14-20/h7,10,12-15,19H,6,8-9,11H2,1-5H3/b12-10+,16-7+,17-13+. The van der Waals surface area contributed by atoms with Crippen LogP contribution in [0.3, 0.4) is 0 Å². The Morgan fingerprint density at radius 2 is 1.71 bits per heavy atom.